The molecule has 1 aliphatic carbocycles. The van der Waals surface area contributed by atoms with Crippen LogP contribution in [0, 0.1) is 13.8 Å². The maximum atomic E-state index is 12.9. The maximum Gasteiger partial charge on any atom is 0.322 e. The Bertz CT molecular complexity index is 845. The second kappa shape index (κ2) is 6.67. The lowest BCUT2D eigenvalue weighted by atomic mass is 9.76. The number of allylic oxidation sites excluding steroid dienone is 2. The Hall–Kier alpha value is -2.68. The van der Waals surface area contributed by atoms with Gasteiger partial charge in [-0.2, -0.15) is 0 Å². The number of carbonyl (C=O) groups excluding carboxylic acids is 1. The van der Waals surface area contributed by atoms with Crippen LogP contribution in [0.2, 0.25) is 0 Å². The van der Waals surface area contributed by atoms with Gasteiger partial charge >= 0.3 is 5.97 Å². The zero-order valence-corrected chi connectivity index (χ0v) is 15.2. The van der Waals surface area contributed by atoms with E-state index in [4.69, 9.17) is 9.73 Å². The minimum absolute atomic E-state index is 0.267. The molecule has 0 bridgehead atoms. The monoisotopic (exact) mass is 333 g/mol. The van der Waals surface area contributed by atoms with E-state index in [1.165, 1.54) is 7.11 Å². The summed E-state index contributed by atoms with van der Waals surface area (Å²) in [5.74, 6) is -0.267. The van der Waals surface area contributed by atoms with Crippen molar-refractivity contribution in [1.82, 2.24) is 0 Å². The van der Waals surface area contributed by atoms with Crippen LogP contribution in [-0.2, 0) is 14.9 Å². The molecule has 0 aliphatic heterocycles. The minimum atomic E-state index is -0.880. The van der Waals surface area contributed by atoms with Gasteiger partial charge < -0.3 is 4.74 Å². The summed E-state index contributed by atoms with van der Waals surface area (Å²) in [6.07, 6.45) is 2.61. The Balaban J connectivity index is 2.25. The molecule has 0 radical (unpaired) electrons. The standard InChI is InChI=1S/C22H23NO2/c1-15-13-19(23-20-16(2)9-8-10-17(20)3)22(14-15,21(24)25-4)18-11-6-5-7-12-18/h5-13H,14H2,1-4H3. The van der Waals surface area contributed by atoms with Crippen LogP contribution in [0.4, 0.5) is 5.69 Å². The Labute approximate surface area is 149 Å². The van der Waals surface area contributed by atoms with Crippen LogP contribution < -0.4 is 0 Å². The van der Waals surface area contributed by atoms with Crippen molar-refractivity contribution in [3.8, 4) is 0 Å². The van der Waals surface area contributed by atoms with E-state index >= 15 is 0 Å². The largest absolute Gasteiger partial charge is 0.468 e. The molecule has 1 atom stereocenters. The first-order valence-corrected chi connectivity index (χ1v) is 8.45. The lowest BCUT2D eigenvalue weighted by Gasteiger charge is -2.28. The van der Waals surface area contributed by atoms with Crippen LogP contribution in [-0.4, -0.2) is 18.8 Å². The predicted octanol–water partition coefficient (Wildman–Crippen LogP) is 4.84. The second-order valence-electron chi connectivity index (χ2n) is 6.67. The summed E-state index contributed by atoms with van der Waals surface area (Å²) in [6.45, 7) is 6.12. The summed E-state index contributed by atoms with van der Waals surface area (Å²) in [5, 5.41) is 0. The number of aliphatic imine (C=N–C) groups is 1. The molecule has 3 rings (SSSR count). The molecule has 3 nitrogen and oxygen atoms in total. The van der Waals surface area contributed by atoms with E-state index in [0.29, 0.717) is 6.42 Å². The van der Waals surface area contributed by atoms with Crippen molar-refractivity contribution < 1.29 is 9.53 Å². The second-order valence-corrected chi connectivity index (χ2v) is 6.67. The molecule has 0 amide bonds. The predicted molar refractivity (Wildman–Crippen MR) is 102 cm³/mol. The molecule has 0 saturated carbocycles. The summed E-state index contributed by atoms with van der Waals surface area (Å²) < 4.78 is 5.22. The van der Waals surface area contributed by atoms with Crippen LogP contribution in [0.3, 0.4) is 0 Å². The summed E-state index contributed by atoms with van der Waals surface area (Å²) in [7, 11) is 1.44. The van der Waals surface area contributed by atoms with Gasteiger partial charge in [-0.1, -0.05) is 54.1 Å². The van der Waals surface area contributed by atoms with Crippen molar-refractivity contribution in [3.05, 3.63) is 76.9 Å². The number of carbonyl (C=O) groups is 1. The van der Waals surface area contributed by atoms with Gasteiger partial charge in [-0.05, 0) is 50.0 Å². The molecule has 0 heterocycles. The Kier molecular flexibility index (Phi) is 4.58. The van der Waals surface area contributed by atoms with E-state index < -0.39 is 5.41 Å². The molecule has 2 aromatic carbocycles. The zero-order chi connectivity index (χ0) is 18.0. The number of hydrogen-bond donors (Lipinski definition) is 0. The highest BCUT2D eigenvalue weighted by molar-refractivity contribution is 6.20. The first-order chi connectivity index (χ1) is 12.0. The van der Waals surface area contributed by atoms with E-state index in [0.717, 1.165) is 33.7 Å². The molecule has 1 aliphatic rings. The molecular formula is C22H23NO2. The number of nitrogens with zero attached hydrogens (tertiary/aromatic N) is 1. The van der Waals surface area contributed by atoms with Gasteiger partial charge in [-0.15, -0.1) is 0 Å². The van der Waals surface area contributed by atoms with Crippen LogP contribution >= 0.6 is 0 Å². The number of benzene rings is 2. The average molecular weight is 333 g/mol. The maximum absolute atomic E-state index is 12.9. The third kappa shape index (κ3) is 2.91. The van der Waals surface area contributed by atoms with E-state index in [1.807, 2.05) is 75.4 Å². The van der Waals surface area contributed by atoms with Gasteiger partial charge in [0.15, 0.2) is 0 Å². The van der Waals surface area contributed by atoms with Crippen molar-refractivity contribution >= 4 is 17.4 Å². The van der Waals surface area contributed by atoms with Crippen LogP contribution in [0.5, 0.6) is 0 Å². The molecule has 0 N–H and O–H groups in total. The molecule has 1 unspecified atom stereocenters. The number of rotatable bonds is 3. The van der Waals surface area contributed by atoms with Crippen LogP contribution in [0.25, 0.3) is 0 Å². The van der Waals surface area contributed by atoms with Crippen molar-refractivity contribution in [3.63, 3.8) is 0 Å². The fraction of sp³-hybridized carbons (Fsp3) is 0.273. The van der Waals surface area contributed by atoms with Gasteiger partial charge in [0.2, 0.25) is 0 Å². The van der Waals surface area contributed by atoms with Crippen LogP contribution in [0.15, 0.2) is 65.2 Å². The van der Waals surface area contributed by atoms with E-state index in [2.05, 4.69) is 0 Å². The van der Waals surface area contributed by atoms with Gasteiger partial charge in [0.1, 0.15) is 5.41 Å². The smallest absolute Gasteiger partial charge is 0.322 e. The molecular weight excluding hydrogens is 310 g/mol. The number of ether oxygens (including phenoxy) is 1. The lowest BCUT2D eigenvalue weighted by Crippen LogP contribution is -2.41. The van der Waals surface area contributed by atoms with Crippen molar-refractivity contribution in [2.75, 3.05) is 7.11 Å². The summed E-state index contributed by atoms with van der Waals surface area (Å²) in [4.78, 5) is 17.9. The molecule has 0 saturated heterocycles. The Morgan fingerprint density at radius 3 is 2.24 bits per heavy atom. The van der Waals surface area contributed by atoms with Gasteiger partial charge in [-0.25, -0.2) is 0 Å². The van der Waals surface area contributed by atoms with Gasteiger partial charge in [0, 0.05) is 0 Å². The fourth-order valence-corrected chi connectivity index (χ4v) is 3.59. The normalized spacial score (nSPS) is 21.3. The highest BCUT2D eigenvalue weighted by Gasteiger charge is 2.48. The fourth-order valence-electron chi connectivity index (χ4n) is 3.59. The van der Waals surface area contributed by atoms with Crippen molar-refractivity contribution in [1.29, 1.82) is 0 Å². The Morgan fingerprint density at radius 1 is 1.00 bits per heavy atom. The summed E-state index contributed by atoms with van der Waals surface area (Å²) in [5.41, 5.74) is 5.02. The minimum Gasteiger partial charge on any atom is -0.468 e. The molecule has 0 aromatic heterocycles. The molecule has 128 valence electrons. The highest BCUT2D eigenvalue weighted by Crippen LogP contribution is 2.41. The van der Waals surface area contributed by atoms with E-state index in [9.17, 15) is 4.79 Å². The third-order valence-electron chi connectivity index (χ3n) is 4.84. The summed E-state index contributed by atoms with van der Waals surface area (Å²) >= 11 is 0. The van der Waals surface area contributed by atoms with Gasteiger partial charge in [0.25, 0.3) is 0 Å². The molecule has 0 spiro atoms. The number of para-hydroxylation sites is 1. The van der Waals surface area contributed by atoms with Crippen molar-refractivity contribution in [2.24, 2.45) is 4.99 Å². The van der Waals surface area contributed by atoms with E-state index in [-0.39, 0.29) is 5.97 Å². The molecule has 25 heavy (non-hydrogen) atoms. The SMILES string of the molecule is COC(=O)C1(c2ccccc2)CC(C)=CC1=Nc1c(C)cccc1C. The lowest BCUT2D eigenvalue weighted by molar-refractivity contribution is -0.144. The molecule has 3 heteroatoms. The van der Waals surface area contributed by atoms with E-state index in [1.54, 1.807) is 0 Å². The van der Waals surface area contributed by atoms with Gasteiger partial charge in [-0.3, -0.25) is 9.79 Å². The first-order valence-electron chi connectivity index (χ1n) is 8.45. The quantitative estimate of drug-likeness (QED) is 0.754. The summed E-state index contributed by atoms with van der Waals surface area (Å²) in [6, 6.07) is 15.9. The third-order valence-corrected chi connectivity index (χ3v) is 4.84. The topological polar surface area (TPSA) is 38.7 Å². The first kappa shape index (κ1) is 17.2. The van der Waals surface area contributed by atoms with Crippen molar-refractivity contribution in [2.45, 2.75) is 32.6 Å². The number of hydrogen-bond acceptors (Lipinski definition) is 3. The van der Waals surface area contributed by atoms with Crippen LogP contribution in [0.1, 0.15) is 30.0 Å². The Morgan fingerprint density at radius 2 is 1.64 bits per heavy atom. The number of aryl methyl sites for hydroxylation is 2. The highest BCUT2D eigenvalue weighted by atomic mass is 16.5. The number of methoxy groups -OCH3 is 1. The van der Waals surface area contributed by atoms with Gasteiger partial charge in [0.05, 0.1) is 18.5 Å². The number of esters is 1. The average Bonchev–Trinajstić information content (AvgIpc) is 2.95. The molecule has 0 fully saturated rings. The molecule has 2 aromatic rings. The zero-order valence-electron chi connectivity index (χ0n) is 15.2.